The molecule has 0 radical (unpaired) electrons. The van der Waals surface area contributed by atoms with Crippen LogP contribution in [0.1, 0.15) is 5.56 Å². The number of halogens is 1. The molecule has 0 unspecified atom stereocenters. The van der Waals surface area contributed by atoms with Crippen LogP contribution in [0.25, 0.3) is 0 Å². The first-order valence-electron chi connectivity index (χ1n) is 6.21. The highest BCUT2D eigenvalue weighted by molar-refractivity contribution is 5.94. The van der Waals surface area contributed by atoms with Crippen molar-refractivity contribution >= 4 is 11.7 Å². The summed E-state index contributed by atoms with van der Waals surface area (Å²) >= 11 is 0. The molecule has 0 aromatic heterocycles. The predicted molar refractivity (Wildman–Crippen MR) is 70.5 cm³/mol. The van der Waals surface area contributed by atoms with E-state index in [1.165, 1.54) is 12.1 Å². The lowest BCUT2D eigenvalue weighted by Crippen LogP contribution is -2.34. The van der Waals surface area contributed by atoms with E-state index in [4.69, 9.17) is 10.5 Å². The molecular formula is C13H18FN3O2. The van der Waals surface area contributed by atoms with Crippen LogP contribution >= 0.6 is 0 Å². The maximum absolute atomic E-state index is 13.4. The Bertz CT molecular complexity index is 467. The third-order valence-corrected chi connectivity index (χ3v) is 3.22. The molecular weight excluding hydrogens is 249 g/mol. The number of nitrogens with zero attached hydrogens (tertiary/aromatic N) is 2. The van der Waals surface area contributed by atoms with Crippen molar-refractivity contribution in [1.29, 1.82) is 0 Å². The van der Waals surface area contributed by atoms with Gasteiger partial charge in [0.15, 0.2) is 0 Å². The molecule has 5 nitrogen and oxygen atoms in total. The van der Waals surface area contributed by atoms with E-state index in [0.717, 1.165) is 5.56 Å². The summed E-state index contributed by atoms with van der Waals surface area (Å²) in [6.45, 7) is 2.46. The Morgan fingerprint density at radius 1 is 1.42 bits per heavy atom. The van der Waals surface area contributed by atoms with E-state index < -0.39 is 0 Å². The Hall–Kier alpha value is -1.66. The van der Waals surface area contributed by atoms with Gasteiger partial charge >= 0.3 is 6.03 Å². The summed E-state index contributed by atoms with van der Waals surface area (Å²) in [4.78, 5) is 15.5. The van der Waals surface area contributed by atoms with Gasteiger partial charge in [-0.25, -0.2) is 9.18 Å². The number of ether oxygens (including phenoxy) is 1. The van der Waals surface area contributed by atoms with Crippen molar-refractivity contribution in [2.24, 2.45) is 5.73 Å². The highest BCUT2D eigenvalue weighted by atomic mass is 19.1. The minimum Gasteiger partial charge on any atom is -0.383 e. The summed E-state index contributed by atoms with van der Waals surface area (Å²) in [5.74, 6) is -0.365. The van der Waals surface area contributed by atoms with E-state index in [-0.39, 0.29) is 18.4 Å². The van der Waals surface area contributed by atoms with Gasteiger partial charge in [0.1, 0.15) is 5.82 Å². The van der Waals surface area contributed by atoms with E-state index in [9.17, 15) is 9.18 Å². The van der Waals surface area contributed by atoms with Crippen LogP contribution in [0, 0.1) is 5.82 Å². The van der Waals surface area contributed by atoms with Crippen molar-refractivity contribution in [1.82, 2.24) is 4.90 Å². The van der Waals surface area contributed by atoms with Crippen LogP contribution in [0.5, 0.6) is 0 Å². The van der Waals surface area contributed by atoms with Crippen molar-refractivity contribution < 1.29 is 13.9 Å². The fourth-order valence-electron chi connectivity index (χ4n) is 2.18. The fraction of sp³-hybridized carbons (Fsp3) is 0.462. The molecule has 1 heterocycles. The molecule has 1 saturated heterocycles. The lowest BCUT2D eigenvalue weighted by atomic mass is 10.1. The number of nitrogens with two attached hydrogens (primary N) is 1. The monoisotopic (exact) mass is 267 g/mol. The summed E-state index contributed by atoms with van der Waals surface area (Å²) in [6.07, 6.45) is 0. The van der Waals surface area contributed by atoms with E-state index in [0.29, 0.717) is 31.9 Å². The average molecular weight is 267 g/mol. The van der Waals surface area contributed by atoms with Gasteiger partial charge in [-0.05, 0) is 17.7 Å². The molecule has 1 fully saturated rings. The number of carbonyl (C=O) groups excluding carboxylic acids is 1. The average Bonchev–Trinajstić information content (AvgIpc) is 2.77. The number of benzene rings is 1. The van der Waals surface area contributed by atoms with E-state index in [2.05, 4.69) is 0 Å². The highest BCUT2D eigenvalue weighted by Gasteiger charge is 2.30. The number of carbonyl (C=O) groups is 1. The molecule has 0 spiro atoms. The highest BCUT2D eigenvalue weighted by Crippen LogP contribution is 2.25. The molecule has 2 N–H and O–H groups in total. The van der Waals surface area contributed by atoms with Crippen molar-refractivity contribution in [2.45, 2.75) is 6.54 Å². The molecule has 0 bridgehead atoms. The van der Waals surface area contributed by atoms with Gasteiger partial charge in [0, 0.05) is 33.3 Å². The Kier molecular flexibility index (Phi) is 4.34. The molecule has 104 valence electrons. The van der Waals surface area contributed by atoms with Gasteiger partial charge in [-0.15, -0.1) is 0 Å². The van der Waals surface area contributed by atoms with Crippen molar-refractivity contribution in [3.63, 3.8) is 0 Å². The quantitative estimate of drug-likeness (QED) is 0.871. The number of anilines is 1. The Balaban J connectivity index is 2.19. The van der Waals surface area contributed by atoms with E-state index in [1.54, 1.807) is 23.0 Å². The zero-order valence-corrected chi connectivity index (χ0v) is 10.9. The first-order chi connectivity index (χ1) is 9.17. The largest absolute Gasteiger partial charge is 0.383 e. The van der Waals surface area contributed by atoms with Gasteiger partial charge in [0.2, 0.25) is 0 Å². The van der Waals surface area contributed by atoms with Crippen LogP contribution < -0.4 is 10.6 Å². The van der Waals surface area contributed by atoms with Crippen LogP contribution in [-0.2, 0) is 11.3 Å². The number of urea groups is 1. The molecule has 1 aromatic carbocycles. The van der Waals surface area contributed by atoms with Crippen molar-refractivity contribution in [3.05, 3.63) is 29.6 Å². The number of methoxy groups -OCH3 is 1. The summed E-state index contributed by atoms with van der Waals surface area (Å²) in [6, 6.07) is 4.21. The molecule has 0 atom stereocenters. The van der Waals surface area contributed by atoms with Gasteiger partial charge < -0.3 is 15.4 Å². The van der Waals surface area contributed by atoms with Gasteiger partial charge in [-0.1, -0.05) is 6.07 Å². The zero-order chi connectivity index (χ0) is 13.8. The third kappa shape index (κ3) is 2.85. The molecule has 1 aliphatic rings. The summed E-state index contributed by atoms with van der Waals surface area (Å²) in [5, 5.41) is 0. The standard InChI is InChI=1S/C13H18FN3O2/c1-19-7-6-16-4-5-17(13(16)18)12-8-11(14)3-2-10(12)9-15/h2-3,8H,4-7,9,15H2,1H3. The smallest absolute Gasteiger partial charge is 0.324 e. The van der Waals surface area contributed by atoms with Crippen LogP contribution in [0.4, 0.5) is 14.9 Å². The van der Waals surface area contributed by atoms with Crippen molar-refractivity contribution in [2.75, 3.05) is 38.3 Å². The first kappa shape index (κ1) is 13.8. The van der Waals surface area contributed by atoms with Gasteiger partial charge in [0.05, 0.1) is 12.3 Å². The van der Waals surface area contributed by atoms with Crippen molar-refractivity contribution in [3.8, 4) is 0 Å². The number of hydrogen-bond donors (Lipinski definition) is 1. The van der Waals surface area contributed by atoms with Crippen LogP contribution in [0.3, 0.4) is 0 Å². The maximum atomic E-state index is 13.4. The lowest BCUT2D eigenvalue weighted by Gasteiger charge is -2.20. The molecule has 2 rings (SSSR count). The topological polar surface area (TPSA) is 58.8 Å². The summed E-state index contributed by atoms with van der Waals surface area (Å²) in [5.41, 5.74) is 6.96. The molecule has 2 amide bonds. The number of rotatable bonds is 5. The minimum absolute atomic E-state index is 0.127. The second-order valence-corrected chi connectivity index (χ2v) is 4.39. The molecule has 0 aliphatic carbocycles. The summed E-state index contributed by atoms with van der Waals surface area (Å²) < 4.78 is 18.3. The second-order valence-electron chi connectivity index (χ2n) is 4.39. The Morgan fingerprint density at radius 3 is 2.89 bits per heavy atom. The molecule has 6 heteroatoms. The predicted octanol–water partition coefficient (Wildman–Crippen LogP) is 1.17. The number of hydrogen-bond acceptors (Lipinski definition) is 3. The minimum atomic E-state index is -0.365. The maximum Gasteiger partial charge on any atom is 0.324 e. The molecule has 1 aromatic rings. The zero-order valence-electron chi connectivity index (χ0n) is 10.9. The Morgan fingerprint density at radius 2 is 2.21 bits per heavy atom. The normalized spacial score (nSPS) is 15.4. The fourth-order valence-corrected chi connectivity index (χ4v) is 2.18. The Labute approximate surface area is 111 Å². The first-order valence-corrected chi connectivity index (χ1v) is 6.21. The SMILES string of the molecule is COCCN1CCN(c2cc(F)ccc2CN)C1=O. The van der Waals surface area contributed by atoms with Gasteiger partial charge in [-0.3, -0.25) is 4.90 Å². The second kappa shape index (κ2) is 5.99. The molecule has 0 saturated carbocycles. The van der Waals surface area contributed by atoms with Gasteiger partial charge in [-0.2, -0.15) is 0 Å². The molecule has 1 aliphatic heterocycles. The number of amides is 2. The third-order valence-electron chi connectivity index (χ3n) is 3.22. The van der Waals surface area contributed by atoms with Crippen LogP contribution in [0.2, 0.25) is 0 Å². The van der Waals surface area contributed by atoms with Crippen LogP contribution in [0.15, 0.2) is 18.2 Å². The lowest BCUT2D eigenvalue weighted by molar-refractivity contribution is 0.162. The van der Waals surface area contributed by atoms with Crippen LogP contribution in [-0.4, -0.2) is 44.3 Å². The summed E-state index contributed by atoms with van der Waals surface area (Å²) in [7, 11) is 1.59. The molecule has 19 heavy (non-hydrogen) atoms. The van der Waals surface area contributed by atoms with E-state index >= 15 is 0 Å². The van der Waals surface area contributed by atoms with Gasteiger partial charge in [0.25, 0.3) is 0 Å². The van der Waals surface area contributed by atoms with E-state index in [1.807, 2.05) is 0 Å².